The SMILES string of the molecule is CC(C)CCCOc1ccc(F)cc1C(N)=S. The van der Waals surface area contributed by atoms with E-state index >= 15 is 0 Å². The predicted octanol–water partition coefficient (Wildman–Crippen LogP) is 3.27. The van der Waals surface area contributed by atoms with Gasteiger partial charge in [0, 0.05) is 0 Å². The van der Waals surface area contributed by atoms with E-state index in [-0.39, 0.29) is 10.8 Å². The first-order valence-corrected chi connectivity index (χ1v) is 6.13. The number of thiocarbonyl (C=S) groups is 1. The summed E-state index contributed by atoms with van der Waals surface area (Å²) < 4.78 is 18.6. The summed E-state index contributed by atoms with van der Waals surface area (Å²) in [4.78, 5) is 0.156. The first-order valence-electron chi connectivity index (χ1n) is 5.73. The topological polar surface area (TPSA) is 35.2 Å². The number of ether oxygens (including phenoxy) is 1. The van der Waals surface area contributed by atoms with E-state index in [1.54, 1.807) is 6.07 Å². The zero-order valence-electron chi connectivity index (χ0n) is 10.2. The normalized spacial score (nSPS) is 10.6. The first-order chi connectivity index (χ1) is 8.00. The smallest absolute Gasteiger partial charge is 0.129 e. The standard InChI is InChI=1S/C13H18FNOS/c1-9(2)4-3-7-16-12-6-5-10(14)8-11(12)13(15)17/h5-6,8-9H,3-4,7H2,1-2H3,(H2,15,17). The lowest BCUT2D eigenvalue weighted by Crippen LogP contribution is -2.12. The van der Waals surface area contributed by atoms with E-state index in [0.29, 0.717) is 23.8 Å². The number of halogens is 1. The molecule has 0 fully saturated rings. The van der Waals surface area contributed by atoms with Crippen LogP contribution in [0.4, 0.5) is 4.39 Å². The summed E-state index contributed by atoms with van der Waals surface area (Å²) in [7, 11) is 0. The van der Waals surface area contributed by atoms with E-state index in [0.717, 1.165) is 12.8 Å². The van der Waals surface area contributed by atoms with Crippen LogP contribution in [0, 0.1) is 11.7 Å². The Kier molecular flexibility index (Phi) is 5.35. The van der Waals surface area contributed by atoms with Gasteiger partial charge in [0.2, 0.25) is 0 Å². The number of rotatable bonds is 6. The van der Waals surface area contributed by atoms with Crippen LogP contribution < -0.4 is 10.5 Å². The van der Waals surface area contributed by atoms with Crippen molar-refractivity contribution in [1.82, 2.24) is 0 Å². The zero-order valence-corrected chi connectivity index (χ0v) is 11.0. The van der Waals surface area contributed by atoms with Crippen LogP contribution in [0.15, 0.2) is 18.2 Å². The van der Waals surface area contributed by atoms with Gasteiger partial charge < -0.3 is 10.5 Å². The summed E-state index contributed by atoms with van der Waals surface area (Å²) in [6.45, 7) is 4.93. The Hall–Kier alpha value is -1.16. The zero-order chi connectivity index (χ0) is 12.8. The maximum atomic E-state index is 13.0. The van der Waals surface area contributed by atoms with Gasteiger partial charge >= 0.3 is 0 Å². The van der Waals surface area contributed by atoms with Crippen molar-refractivity contribution >= 4 is 17.2 Å². The highest BCUT2D eigenvalue weighted by molar-refractivity contribution is 7.80. The van der Waals surface area contributed by atoms with Gasteiger partial charge in [-0.3, -0.25) is 0 Å². The molecule has 0 aromatic heterocycles. The molecule has 0 saturated carbocycles. The monoisotopic (exact) mass is 255 g/mol. The number of hydrogen-bond acceptors (Lipinski definition) is 2. The van der Waals surface area contributed by atoms with Crippen molar-refractivity contribution in [3.63, 3.8) is 0 Å². The maximum Gasteiger partial charge on any atom is 0.129 e. The third-order valence-corrected chi connectivity index (χ3v) is 2.61. The quantitative estimate of drug-likeness (QED) is 0.626. The lowest BCUT2D eigenvalue weighted by molar-refractivity contribution is 0.297. The molecule has 0 unspecified atom stereocenters. The molecule has 1 aromatic carbocycles. The van der Waals surface area contributed by atoms with E-state index in [9.17, 15) is 4.39 Å². The molecule has 94 valence electrons. The Bertz CT molecular complexity index is 393. The van der Waals surface area contributed by atoms with Crippen LogP contribution >= 0.6 is 12.2 Å². The van der Waals surface area contributed by atoms with Crippen LogP contribution in [0.2, 0.25) is 0 Å². The van der Waals surface area contributed by atoms with Gasteiger partial charge in [-0.15, -0.1) is 0 Å². The average molecular weight is 255 g/mol. The molecule has 0 heterocycles. The summed E-state index contributed by atoms with van der Waals surface area (Å²) in [6.07, 6.45) is 2.06. The fourth-order valence-electron chi connectivity index (χ4n) is 1.49. The van der Waals surface area contributed by atoms with Crippen LogP contribution in [-0.4, -0.2) is 11.6 Å². The molecule has 0 aliphatic rings. The van der Waals surface area contributed by atoms with Gasteiger partial charge in [0.1, 0.15) is 16.6 Å². The lowest BCUT2D eigenvalue weighted by Gasteiger charge is -2.11. The van der Waals surface area contributed by atoms with Gasteiger partial charge in [0.15, 0.2) is 0 Å². The van der Waals surface area contributed by atoms with Crippen molar-refractivity contribution < 1.29 is 9.13 Å². The average Bonchev–Trinajstić information content (AvgIpc) is 2.25. The summed E-state index contributed by atoms with van der Waals surface area (Å²) in [6, 6.07) is 4.22. The molecule has 2 nitrogen and oxygen atoms in total. The van der Waals surface area contributed by atoms with E-state index in [1.807, 2.05) is 0 Å². The van der Waals surface area contributed by atoms with Crippen LogP contribution in [-0.2, 0) is 0 Å². The molecule has 0 saturated heterocycles. The fourth-order valence-corrected chi connectivity index (χ4v) is 1.65. The Morgan fingerprint density at radius 3 is 2.76 bits per heavy atom. The van der Waals surface area contributed by atoms with Crippen molar-refractivity contribution in [1.29, 1.82) is 0 Å². The van der Waals surface area contributed by atoms with Crippen molar-refractivity contribution in [2.24, 2.45) is 11.7 Å². The molecule has 0 spiro atoms. The molecule has 17 heavy (non-hydrogen) atoms. The second kappa shape index (κ2) is 6.55. The second-order valence-corrected chi connectivity index (χ2v) is 4.83. The first kappa shape index (κ1) is 13.9. The molecule has 1 rings (SSSR count). The Labute approximate surface area is 107 Å². The van der Waals surface area contributed by atoms with E-state index in [1.165, 1.54) is 12.1 Å². The Morgan fingerprint density at radius 1 is 1.47 bits per heavy atom. The van der Waals surface area contributed by atoms with Crippen molar-refractivity contribution in [3.05, 3.63) is 29.6 Å². The summed E-state index contributed by atoms with van der Waals surface area (Å²) >= 11 is 4.86. The third kappa shape index (κ3) is 4.69. The highest BCUT2D eigenvalue weighted by Crippen LogP contribution is 2.20. The highest BCUT2D eigenvalue weighted by atomic mass is 32.1. The maximum absolute atomic E-state index is 13.0. The minimum atomic E-state index is -0.359. The van der Waals surface area contributed by atoms with E-state index < -0.39 is 0 Å². The molecule has 0 aliphatic carbocycles. The molecule has 0 atom stereocenters. The van der Waals surface area contributed by atoms with Gasteiger partial charge in [0.05, 0.1) is 12.2 Å². The molecule has 4 heteroatoms. The molecule has 0 amide bonds. The fraction of sp³-hybridized carbons (Fsp3) is 0.462. The largest absolute Gasteiger partial charge is 0.493 e. The van der Waals surface area contributed by atoms with Gasteiger partial charge in [-0.25, -0.2) is 4.39 Å². The molecule has 1 aromatic rings. The summed E-state index contributed by atoms with van der Waals surface area (Å²) in [5.74, 6) is 0.854. The number of benzene rings is 1. The van der Waals surface area contributed by atoms with E-state index in [2.05, 4.69) is 13.8 Å². The van der Waals surface area contributed by atoms with Crippen molar-refractivity contribution in [3.8, 4) is 5.75 Å². The lowest BCUT2D eigenvalue weighted by atomic mass is 10.1. The Morgan fingerprint density at radius 2 is 2.18 bits per heavy atom. The van der Waals surface area contributed by atoms with Gasteiger partial charge in [-0.05, 0) is 37.0 Å². The summed E-state index contributed by atoms with van der Waals surface area (Å²) in [5, 5.41) is 0. The van der Waals surface area contributed by atoms with Gasteiger partial charge in [0.25, 0.3) is 0 Å². The predicted molar refractivity (Wildman–Crippen MR) is 71.9 cm³/mol. The number of nitrogens with two attached hydrogens (primary N) is 1. The van der Waals surface area contributed by atoms with Crippen LogP contribution in [0.25, 0.3) is 0 Å². The van der Waals surface area contributed by atoms with Crippen molar-refractivity contribution in [2.45, 2.75) is 26.7 Å². The highest BCUT2D eigenvalue weighted by Gasteiger charge is 2.08. The van der Waals surface area contributed by atoms with Crippen LogP contribution in [0.3, 0.4) is 0 Å². The Balaban J connectivity index is 2.61. The minimum absolute atomic E-state index is 0.156. The molecule has 0 aliphatic heterocycles. The third-order valence-electron chi connectivity index (χ3n) is 2.39. The van der Waals surface area contributed by atoms with Crippen LogP contribution in [0.1, 0.15) is 32.3 Å². The molecule has 2 N–H and O–H groups in total. The molecule has 0 radical (unpaired) electrons. The molecule has 0 bridgehead atoms. The molecular weight excluding hydrogens is 237 g/mol. The minimum Gasteiger partial charge on any atom is -0.493 e. The number of hydrogen-bond donors (Lipinski definition) is 1. The van der Waals surface area contributed by atoms with Gasteiger partial charge in [-0.2, -0.15) is 0 Å². The van der Waals surface area contributed by atoms with E-state index in [4.69, 9.17) is 22.7 Å². The second-order valence-electron chi connectivity index (χ2n) is 4.39. The molecular formula is C13H18FNOS. The van der Waals surface area contributed by atoms with Crippen LogP contribution in [0.5, 0.6) is 5.75 Å². The van der Waals surface area contributed by atoms with Crippen molar-refractivity contribution in [2.75, 3.05) is 6.61 Å². The van der Waals surface area contributed by atoms with Gasteiger partial charge in [-0.1, -0.05) is 26.1 Å². The summed E-state index contributed by atoms with van der Waals surface area (Å²) in [5.41, 5.74) is 5.98.